The predicted octanol–water partition coefficient (Wildman–Crippen LogP) is 5.97. The van der Waals surface area contributed by atoms with Gasteiger partial charge in [-0.25, -0.2) is 0 Å². The maximum Gasteiger partial charge on any atom is 0.196 e. The lowest BCUT2D eigenvalue weighted by Gasteiger charge is -2.10. The largest absolute Gasteiger partial charge is 0.293 e. The third-order valence-corrected chi connectivity index (χ3v) is 6.14. The Hall–Kier alpha value is -4.03. The van der Waals surface area contributed by atoms with Crippen molar-refractivity contribution in [3.05, 3.63) is 115 Å². The molecular weight excluding hydrogens is 428 g/mol. The van der Waals surface area contributed by atoms with Gasteiger partial charge in [0.2, 0.25) is 0 Å². The van der Waals surface area contributed by atoms with Gasteiger partial charge in [0.15, 0.2) is 16.8 Å². The highest BCUT2D eigenvalue weighted by Gasteiger charge is 2.18. The number of hydrogen-bond acceptors (Lipinski definition) is 5. The van der Waals surface area contributed by atoms with Gasteiger partial charge in [-0.15, -0.1) is 10.2 Å². The van der Waals surface area contributed by atoms with E-state index in [-0.39, 0.29) is 11.5 Å². The minimum Gasteiger partial charge on any atom is -0.293 e. The van der Waals surface area contributed by atoms with Gasteiger partial charge in [0, 0.05) is 29.2 Å². The van der Waals surface area contributed by atoms with Crippen LogP contribution in [0, 0.1) is 0 Å². The molecule has 5 nitrogen and oxygen atoms in total. The summed E-state index contributed by atoms with van der Waals surface area (Å²) in [5.74, 6) is 1.00. The summed E-state index contributed by atoms with van der Waals surface area (Å²) < 4.78 is 1.97. The van der Waals surface area contributed by atoms with Crippen molar-refractivity contribution in [3.8, 4) is 28.2 Å². The fourth-order valence-corrected chi connectivity index (χ4v) is 4.39. The first-order valence-electron chi connectivity index (χ1n) is 10.5. The topological polar surface area (TPSA) is 60.7 Å². The molecule has 0 fully saturated rings. The van der Waals surface area contributed by atoms with Gasteiger partial charge in [0.25, 0.3) is 0 Å². The van der Waals surface area contributed by atoms with Crippen molar-refractivity contribution in [1.29, 1.82) is 0 Å². The van der Waals surface area contributed by atoms with Crippen LogP contribution in [0.4, 0.5) is 0 Å². The SMILES string of the molecule is O=C(CSc1nnc(-c2cccnc2)n1-c1ccccc1)c1ccc(-c2ccccc2)cc1. The summed E-state index contributed by atoms with van der Waals surface area (Å²) in [5.41, 5.74) is 4.70. The van der Waals surface area contributed by atoms with E-state index in [0.29, 0.717) is 16.5 Å². The van der Waals surface area contributed by atoms with Crippen LogP contribution in [-0.2, 0) is 0 Å². The van der Waals surface area contributed by atoms with Crippen LogP contribution in [0.1, 0.15) is 10.4 Å². The zero-order chi connectivity index (χ0) is 22.5. The molecule has 0 atom stereocenters. The molecule has 2 aromatic heterocycles. The van der Waals surface area contributed by atoms with Crippen LogP contribution in [0.25, 0.3) is 28.2 Å². The Morgan fingerprint density at radius 3 is 2.09 bits per heavy atom. The Bertz CT molecular complexity index is 1350. The van der Waals surface area contributed by atoms with Crippen molar-refractivity contribution < 1.29 is 4.79 Å². The van der Waals surface area contributed by atoms with E-state index in [9.17, 15) is 4.79 Å². The van der Waals surface area contributed by atoms with Crippen molar-refractivity contribution in [3.63, 3.8) is 0 Å². The third-order valence-electron chi connectivity index (χ3n) is 5.21. The first-order chi connectivity index (χ1) is 16.3. The number of aromatic nitrogens is 4. The first-order valence-corrected chi connectivity index (χ1v) is 11.5. The molecule has 160 valence electrons. The fraction of sp³-hybridized carbons (Fsp3) is 0.0370. The molecule has 0 saturated carbocycles. The Kier molecular flexibility index (Phi) is 6.08. The summed E-state index contributed by atoms with van der Waals surface area (Å²) in [5, 5.41) is 9.45. The Balaban J connectivity index is 1.37. The zero-order valence-electron chi connectivity index (χ0n) is 17.7. The van der Waals surface area contributed by atoms with Crippen LogP contribution in [0.15, 0.2) is 115 Å². The number of rotatable bonds is 7. The Morgan fingerprint density at radius 2 is 1.39 bits per heavy atom. The van der Waals surface area contributed by atoms with Crippen LogP contribution in [0.3, 0.4) is 0 Å². The molecule has 0 aliphatic heterocycles. The normalized spacial score (nSPS) is 10.8. The van der Waals surface area contributed by atoms with Crippen molar-refractivity contribution in [2.75, 3.05) is 5.75 Å². The van der Waals surface area contributed by atoms with E-state index in [0.717, 1.165) is 22.4 Å². The summed E-state index contributed by atoms with van der Waals surface area (Å²) >= 11 is 1.38. The van der Waals surface area contributed by atoms with E-state index in [1.165, 1.54) is 11.8 Å². The van der Waals surface area contributed by atoms with Crippen LogP contribution >= 0.6 is 11.8 Å². The minimum atomic E-state index is 0.0464. The molecule has 5 aromatic rings. The van der Waals surface area contributed by atoms with E-state index >= 15 is 0 Å². The number of pyridine rings is 1. The fourth-order valence-electron chi connectivity index (χ4n) is 3.55. The average Bonchev–Trinajstić information content (AvgIpc) is 3.33. The Labute approximate surface area is 196 Å². The highest BCUT2D eigenvalue weighted by atomic mass is 32.2. The minimum absolute atomic E-state index is 0.0464. The van der Waals surface area contributed by atoms with Gasteiger partial charge >= 0.3 is 0 Å². The summed E-state index contributed by atoms with van der Waals surface area (Å²) in [6.07, 6.45) is 3.49. The van der Waals surface area contributed by atoms with Gasteiger partial charge in [0.1, 0.15) is 0 Å². The second-order valence-corrected chi connectivity index (χ2v) is 8.32. The predicted molar refractivity (Wildman–Crippen MR) is 132 cm³/mol. The molecule has 0 radical (unpaired) electrons. The van der Waals surface area contributed by atoms with E-state index in [2.05, 4.69) is 27.3 Å². The number of carbonyl (C=O) groups excluding carboxylic acids is 1. The van der Waals surface area contributed by atoms with Crippen molar-refractivity contribution in [2.45, 2.75) is 5.16 Å². The van der Waals surface area contributed by atoms with Gasteiger partial charge in [-0.3, -0.25) is 14.3 Å². The number of carbonyl (C=O) groups is 1. The lowest BCUT2D eigenvalue weighted by Crippen LogP contribution is -2.05. The van der Waals surface area contributed by atoms with Crippen molar-refractivity contribution in [2.24, 2.45) is 0 Å². The molecule has 3 aromatic carbocycles. The Morgan fingerprint density at radius 1 is 0.727 bits per heavy atom. The van der Waals surface area contributed by atoms with Crippen LogP contribution in [0.2, 0.25) is 0 Å². The number of thioether (sulfide) groups is 1. The summed E-state index contributed by atoms with van der Waals surface area (Å²) in [7, 11) is 0. The van der Waals surface area contributed by atoms with Crippen molar-refractivity contribution >= 4 is 17.5 Å². The van der Waals surface area contributed by atoms with Gasteiger partial charge in [-0.1, -0.05) is 84.6 Å². The number of hydrogen-bond donors (Lipinski definition) is 0. The second kappa shape index (κ2) is 9.63. The molecule has 0 saturated heterocycles. The number of ketones is 1. The summed E-state index contributed by atoms with van der Waals surface area (Å²) in [6, 6.07) is 31.6. The first kappa shape index (κ1) is 20.8. The lowest BCUT2D eigenvalue weighted by molar-refractivity contribution is 0.102. The molecule has 0 N–H and O–H groups in total. The van der Waals surface area contributed by atoms with Gasteiger partial charge in [-0.2, -0.15) is 0 Å². The van der Waals surface area contributed by atoms with Gasteiger partial charge < -0.3 is 0 Å². The molecule has 0 spiro atoms. The van der Waals surface area contributed by atoms with E-state index in [1.54, 1.807) is 12.4 Å². The van der Waals surface area contributed by atoms with E-state index < -0.39 is 0 Å². The molecule has 0 unspecified atom stereocenters. The number of nitrogens with zero attached hydrogens (tertiary/aromatic N) is 4. The molecule has 0 bridgehead atoms. The van der Waals surface area contributed by atoms with Gasteiger partial charge in [-0.05, 0) is 35.4 Å². The average molecular weight is 449 g/mol. The molecule has 0 aliphatic rings. The van der Waals surface area contributed by atoms with Gasteiger partial charge in [0.05, 0.1) is 5.75 Å². The second-order valence-electron chi connectivity index (χ2n) is 7.37. The standard InChI is InChI=1S/C27H20N4OS/c32-25(22-15-13-21(14-16-22)20-8-3-1-4-9-20)19-33-27-30-29-26(23-10-7-17-28-18-23)31(27)24-11-5-2-6-12-24/h1-18H,19H2. The zero-order valence-corrected chi connectivity index (χ0v) is 18.5. The quantitative estimate of drug-likeness (QED) is 0.227. The van der Waals surface area contributed by atoms with Crippen LogP contribution in [-0.4, -0.2) is 31.3 Å². The van der Waals surface area contributed by atoms with E-state index in [4.69, 9.17) is 0 Å². The highest BCUT2D eigenvalue weighted by Crippen LogP contribution is 2.28. The third kappa shape index (κ3) is 4.61. The molecule has 0 aliphatic carbocycles. The maximum absolute atomic E-state index is 12.9. The van der Waals surface area contributed by atoms with Crippen molar-refractivity contribution in [1.82, 2.24) is 19.7 Å². The van der Waals surface area contributed by atoms with E-state index in [1.807, 2.05) is 89.5 Å². The number of benzene rings is 3. The number of Topliss-reactive ketones (excluding diaryl/α,β-unsaturated/α-hetero) is 1. The monoisotopic (exact) mass is 448 g/mol. The summed E-state index contributed by atoms with van der Waals surface area (Å²) in [6.45, 7) is 0. The number of para-hydroxylation sites is 1. The van der Waals surface area contributed by atoms with Crippen LogP contribution < -0.4 is 0 Å². The molecule has 2 heterocycles. The summed E-state index contributed by atoms with van der Waals surface area (Å²) in [4.78, 5) is 17.1. The maximum atomic E-state index is 12.9. The molecular formula is C27H20N4OS. The molecule has 0 amide bonds. The molecule has 5 rings (SSSR count). The molecule has 6 heteroatoms. The highest BCUT2D eigenvalue weighted by molar-refractivity contribution is 7.99. The smallest absolute Gasteiger partial charge is 0.196 e. The molecule has 33 heavy (non-hydrogen) atoms. The van der Waals surface area contributed by atoms with Crippen LogP contribution in [0.5, 0.6) is 0 Å². The lowest BCUT2D eigenvalue weighted by atomic mass is 10.0.